The summed E-state index contributed by atoms with van der Waals surface area (Å²) in [5.41, 5.74) is -0.859. The first-order valence-electron chi connectivity index (χ1n) is 3.47. The van der Waals surface area contributed by atoms with Gasteiger partial charge in [0.05, 0.1) is 2.74 Å². The maximum atomic E-state index is 8.91. The van der Waals surface area contributed by atoms with E-state index in [0.717, 1.165) is 0 Å². The fraction of sp³-hybridized carbons (Fsp3) is 0.714. The lowest BCUT2D eigenvalue weighted by Crippen LogP contribution is -2.14. The average molecular weight is 114 g/mol. The Morgan fingerprint density at radius 1 is 1.88 bits per heavy atom. The zero-order valence-corrected chi connectivity index (χ0v) is 5.23. The van der Waals surface area contributed by atoms with Crippen molar-refractivity contribution in [2.75, 3.05) is 6.56 Å². The molecule has 0 saturated heterocycles. The molecule has 0 aromatic carbocycles. The number of hydrogen-bond donors (Lipinski definition) is 1. The van der Waals surface area contributed by atoms with Crippen LogP contribution in [0.5, 0.6) is 0 Å². The minimum absolute atomic E-state index is 0.233. The molecule has 1 N–H and O–H groups in total. The summed E-state index contributed by atoms with van der Waals surface area (Å²) < 4.78 is 13.9. The third-order valence-corrected chi connectivity index (χ3v) is 0.847. The van der Waals surface area contributed by atoms with Gasteiger partial charge in [-0.1, -0.05) is 13.8 Å². The molecule has 0 bridgehead atoms. The summed E-state index contributed by atoms with van der Waals surface area (Å²) in [7, 11) is 0. The molecular formula is C7H12O. The summed E-state index contributed by atoms with van der Waals surface area (Å²) in [6.07, 6.45) is 5.22. The van der Waals surface area contributed by atoms with Gasteiger partial charge >= 0.3 is 0 Å². The Kier molecular flexibility index (Phi) is 1.51. The molecule has 0 unspecified atom stereocenters. The fourth-order valence-electron chi connectivity index (χ4n) is 0.295. The Labute approximate surface area is 53.5 Å². The predicted octanol–water partition coefficient (Wildman–Crippen LogP) is 1.03. The molecule has 1 heteroatoms. The summed E-state index contributed by atoms with van der Waals surface area (Å²) in [4.78, 5) is 0. The lowest BCUT2D eigenvalue weighted by Gasteiger charge is -2.16. The van der Waals surface area contributed by atoms with Crippen LogP contribution in [-0.4, -0.2) is 11.7 Å². The summed E-state index contributed by atoms with van der Waals surface area (Å²) >= 11 is 0. The highest BCUT2D eigenvalue weighted by atomic mass is 16.3. The molecular weight excluding hydrogens is 100 g/mol. The third-order valence-electron chi connectivity index (χ3n) is 0.847. The topological polar surface area (TPSA) is 20.2 Å². The van der Waals surface area contributed by atoms with E-state index in [4.69, 9.17) is 14.3 Å². The molecule has 0 radical (unpaired) electrons. The van der Waals surface area contributed by atoms with E-state index in [9.17, 15) is 0 Å². The van der Waals surface area contributed by atoms with Crippen LogP contribution in [-0.2, 0) is 0 Å². The van der Waals surface area contributed by atoms with Crippen molar-refractivity contribution in [3.05, 3.63) is 0 Å². The Morgan fingerprint density at radius 2 is 2.38 bits per heavy atom. The third kappa shape index (κ3) is 2.65. The van der Waals surface area contributed by atoms with Crippen LogP contribution in [0.1, 0.15) is 23.0 Å². The number of rotatable bonds is 2. The van der Waals surface area contributed by atoms with Crippen molar-refractivity contribution in [3.63, 3.8) is 0 Å². The van der Waals surface area contributed by atoms with Crippen LogP contribution in [0.4, 0.5) is 0 Å². The highest BCUT2D eigenvalue weighted by Crippen LogP contribution is 2.16. The van der Waals surface area contributed by atoms with Crippen LogP contribution in [0, 0.1) is 17.8 Å². The molecule has 0 rings (SSSR count). The minimum atomic E-state index is -2.20. The van der Waals surface area contributed by atoms with Gasteiger partial charge < -0.3 is 5.11 Å². The van der Waals surface area contributed by atoms with Gasteiger partial charge in [-0.15, -0.1) is 12.3 Å². The largest absolute Gasteiger partial charge is 0.396 e. The zero-order valence-electron chi connectivity index (χ0n) is 7.23. The molecule has 0 heterocycles. The van der Waals surface area contributed by atoms with Crippen LogP contribution in [0.25, 0.3) is 0 Å². The van der Waals surface area contributed by atoms with Crippen molar-refractivity contribution in [2.24, 2.45) is 5.41 Å². The number of terminal acetylenes is 1. The Morgan fingerprint density at radius 3 is 2.50 bits per heavy atom. The molecule has 0 amide bonds. The van der Waals surface area contributed by atoms with Crippen LogP contribution in [0.3, 0.4) is 0 Å². The molecule has 8 heavy (non-hydrogen) atoms. The van der Waals surface area contributed by atoms with Crippen molar-refractivity contribution in [3.8, 4) is 12.3 Å². The minimum Gasteiger partial charge on any atom is -0.396 e. The standard InChI is InChI=1S/C7H12O/c1-4-5-7(2,3)6-8/h1,8H,5-6H2,2-3H3/i6D2. The second-order valence-corrected chi connectivity index (χ2v) is 2.38. The molecule has 0 aromatic heterocycles. The molecule has 0 aliphatic heterocycles. The van der Waals surface area contributed by atoms with E-state index in [1.807, 2.05) is 0 Å². The van der Waals surface area contributed by atoms with Crippen LogP contribution in [0.15, 0.2) is 0 Å². The first kappa shape index (κ1) is 4.40. The van der Waals surface area contributed by atoms with Crippen LogP contribution in [0.2, 0.25) is 0 Å². The first-order chi connectivity index (χ1) is 4.31. The highest BCUT2D eigenvalue weighted by Gasteiger charge is 2.13. The summed E-state index contributed by atoms with van der Waals surface area (Å²) in [5.74, 6) is 2.31. The van der Waals surface area contributed by atoms with Gasteiger partial charge in [0, 0.05) is 13.0 Å². The van der Waals surface area contributed by atoms with Gasteiger partial charge in [-0.25, -0.2) is 0 Å². The monoisotopic (exact) mass is 114 g/mol. The molecule has 46 valence electrons. The predicted molar refractivity (Wildman–Crippen MR) is 34.3 cm³/mol. The molecule has 1 nitrogen and oxygen atoms in total. The quantitative estimate of drug-likeness (QED) is 0.531. The molecule has 0 aliphatic rings. The van der Waals surface area contributed by atoms with Crippen LogP contribution < -0.4 is 0 Å². The van der Waals surface area contributed by atoms with Gasteiger partial charge in [0.25, 0.3) is 0 Å². The van der Waals surface area contributed by atoms with E-state index in [0.29, 0.717) is 0 Å². The molecule has 0 aromatic rings. The van der Waals surface area contributed by atoms with Gasteiger partial charge in [-0.2, -0.15) is 0 Å². The summed E-state index contributed by atoms with van der Waals surface area (Å²) in [6, 6.07) is 0. The van der Waals surface area contributed by atoms with Crippen molar-refractivity contribution in [2.45, 2.75) is 20.3 Å². The van der Waals surface area contributed by atoms with Gasteiger partial charge in [-0.05, 0) is 5.41 Å². The number of hydrogen-bond acceptors (Lipinski definition) is 1. The van der Waals surface area contributed by atoms with Crippen LogP contribution >= 0.6 is 0 Å². The molecule has 0 aliphatic carbocycles. The van der Waals surface area contributed by atoms with E-state index >= 15 is 0 Å². The van der Waals surface area contributed by atoms with E-state index in [1.54, 1.807) is 13.8 Å². The molecule has 0 fully saturated rings. The van der Waals surface area contributed by atoms with E-state index in [-0.39, 0.29) is 6.42 Å². The fourth-order valence-corrected chi connectivity index (χ4v) is 0.295. The Bertz CT molecular complexity index is 150. The summed E-state index contributed by atoms with van der Waals surface area (Å²) in [5, 5.41) is 8.91. The first-order valence-corrected chi connectivity index (χ1v) is 2.47. The Hall–Kier alpha value is -0.480. The second kappa shape index (κ2) is 2.74. The lowest BCUT2D eigenvalue weighted by atomic mass is 9.91. The zero-order chi connectivity index (χ0) is 8.41. The summed E-state index contributed by atoms with van der Waals surface area (Å²) in [6.45, 7) is 0.985. The van der Waals surface area contributed by atoms with Crippen molar-refractivity contribution >= 4 is 0 Å². The lowest BCUT2D eigenvalue weighted by molar-refractivity contribution is 0.164. The van der Waals surface area contributed by atoms with E-state index < -0.39 is 12.0 Å². The molecule has 0 saturated carbocycles. The van der Waals surface area contributed by atoms with Crippen molar-refractivity contribution < 1.29 is 7.85 Å². The second-order valence-electron chi connectivity index (χ2n) is 2.38. The van der Waals surface area contributed by atoms with Gasteiger partial charge in [-0.3, -0.25) is 0 Å². The van der Waals surface area contributed by atoms with Gasteiger partial charge in [0.15, 0.2) is 0 Å². The SMILES string of the molecule is [2H]C([2H])(O)C(C)(C)CC#C. The average Bonchev–Trinajstić information content (AvgIpc) is 1.61. The molecule has 0 atom stereocenters. The normalized spacial score (nSPS) is 16.2. The maximum absolute atomic E-state index is 8.91. The van der Waals surface area contributed by atoms with Gasteiger partial charge in [0.2, 0.25) is 0 Å². The number of aliphatic hydroxyl groups is 1. The maximum Gasteiger partial charge on any atom is 0.0570 e. The van der Waals surface area contributed by atoms with E-state index in [2.05, 4.69) is 5.92 Å². The van der Waals surface area contributed by atoms with Gasteiger partial charge in [0.1, 0.15) is 0 Å². The van der Waals surface area contributed by atoms with Crippen molar-refractivity contribution in [1.29, 1.82) is 0 Å². The van der Waals surface area contributed by atoms with Crippen molar-refractivity contribution in [1.82, 2.24) is 0 Å². The smallest absolute Gasteiger partial charge is 0.0570 e. The molecule has 0 spiro atoms. The highest BCUT2D eigenvalue weighted by molar-refractivity contribution is 4.90. The Balaban J connectivity index is 4.28. The van der Waals surface area contributed by atoms with E-state index in [1.165, 1.54) is 0 Å².